The van der Waals surface area contributed by atoms with Crippen LogP contribution < -0.4 is 4.90 Å². The first-order valence-electron chi connectivity index (χ1n) is 8.95. The van der Waals surface area contributed by atoms with Crippen molar-refractivity contribution in [1.29, 1.82) is 0 Å². The molecule has 0 amide bonds. The number of benzene rings is 1. The molecule has 2 fully saturated rings. The van der Waals surface area contributed by atoms with Crippen molar-refractivity contribution < 1.29 is 4.74 Å². The summed E-state index contributed by atoms with van der Waals surface area (Å²) in [5.41, 5.74) is 2.24. The van der Waals surface area contributed by atoms with Gasteiger partial charge in [0.1, 0.15) is 5.72 Å². The molecule has 3 nitrogen and oxygen atoms in total. The van der Waals surface area contributed by atoms with Crippen LogP contribution >= 0.6 is 20.7 Å². The Bertz CT molecular complexity index is 735. The molecule has 3 aliphatic heterocycles. The standard InChI is InChI=1S/C21H27IN2O/c1-20(2)18-15-22-12-10-19(18)24-13-14-25-21(20,24)11-9-16-5-7-17(8-6-16)23(3)4/h5-12,15,18-19H,13-14H2,1-4H3. The minimum atomic E-state index is -0.294. The lowest BCUT2D eigenvalue weighted by molar-refractivity contribution is -0.0882. The minimum absolute atomic E-state index is 0.0821. The number of halogens is 1. The number of ether oxygens (including phenoxy) is 1. The van der Waals surface area contributed by atoms with Crippen LogP contribution in [0.2, 0.25) is 0 Å². The summed E-state index contributed by atoms with van der Waals surface area (Å²) in [7, 11) is 4.15. The van der Waals surface area contributed by atoms with E-state index in [0.29, 0.717) is 12.0 Å². The number of hydrogen-bond donors (Lipinski definition) is 0. The molecule has 134 valence electrons. The van der Waals surface area contributed by atoms with E-state index in [1.165, 1.54) is 11.3 Å². The fourth-order valence-electron chi connectivity index (χ4n) is 4.48. The van der Waals surface area contributed by atoms with Gasteiger partial charge in [-0.1, -0.05) is 58.9 Å². The second-order valence-electron chi connectivity index (χ2n) is 7.87. The Morgan fingerprint density at radius 3 is 2.72 bits per heavy atom. The second-order valence-corrected chi connectivity index (χ2v) is 10.0. The third-order valence-corrected chi connectivity index (χ3v) is 8.05. The number of rotatable bonds is 3. The molecule has 1 aromatic carbocycles. The molecule has 0 aromatic heterocycles. The first-order valence-corrected chi connectivity index (χ1v) is 11.4. The van der Waals surface area contributed by atoms with E-state index in [0.717, 1.165) is 13.2 Å². The van der Waals surface area contributed by atoms with Gasteiger partial charge < -0.3 is 9.64 Å². The van der Waals surface area contributed by atoms with Crippen molar-refractivity contribution in [2.45, 2.75) is 25.6 Å². The van der Waals surface area contributed by atoms with Crippen LogP contribution in [0, 0.1) is 11.3 Å². The van der Waals surface area contributed by atoms with E-state index in [9.17, 15) is 0 Å². The van der Waals surface area contributed by atoms with Gasteiger partial charge in [-0.3, -0.25) is 4.90 Å². The van der Waals surface area contributed by atoms with Crippen molar-refractivity contribution in [3.8, 4) is 0 Å². The fraction of sp³-hybridized carbons (Fsp3) is 0.476. The van der Waals surface area contributed by atoms with Crippen molar-refractivity contribution in [2.24, 2.45) is 11.3 Å². The summed E-state index contributed by atoms with van der Waals surface area (Å²) in [5.74, 6) is 0.589. The lowest BCUT2D eigenvalue weighted by atomic mass is 9.73. The summed E-state index contributed by atoms with van der Waals surface area (Å²) in [5, 5.41) is 0. The Hall–Kier alpha value is -0.980. The Balaban J connectivity index is 1.67. The summed E-state index contributed by atoms with van der Waals surface area (Å²) >= 11 is 0.0974. The van der Waals surface area contributed by atoms with E-state index in [1.54, 1.807) is 0 Å². The Morgan fingerprint density at radius 1 is 1.24 bits per heavy atom. The van der Waals surface area contributed by atoms with E-state index in [1.807, 2.05) is 0 Å². The van der Waals surface area contributed by atoms with Gasteiger partial charge in [0.25, 0.3) is 0 Å². The van der Waals surface area contributed by atoms with Crippen LogP contribution in [0.1, 0.15) is 19.4 Å². The average molecular weight is 450 g/mol. The van der Waals surface area contributed by atoms with Crippen LogP contribution in [-0.2, 0) is 4.74 Å². The third-order valence-electron chi connectivity index (χ3n) is 6.03. The molecule has 3 atom stereocenters. The highest BCUT2D eigenvalue weighted by Gasteiger charge is 2.64. The van der Waals surface area contributed by atoms with Gasteiger partial charge in [-0.25, -0.2) is 0 Å². The summed E-state index contributed by atoms with van der Waals surface area (Å²) in [6.07, 6.45) is 7.01. The fourth-order valence-corrected chi connectivity index (χ4v) is 7.16. The lowest BCUT2D eigenvalue weighted by Gasteiger charge is -2.40. The topological polar surface area (TPSA) is 15.7 Å². The maximum atomic E-state index is 6.44. The highest BCUT2D eigenvalue weighted by atomic mass is 127. The van der Waals surface area contributed by atoms with Crippen LogP contribution in [0.15, 0.2) is 40.5 Å². The van der Waals surface area contributed by atoms with Gasteiger partial charge >= 0.3 is 0 Å². The molecule has 4 heteroatoms. The van der Waals surface area contributed by atoms with Crippen LogP contribution in [0.5, 0.6) is 0 Å². The predicted octanol–water partition coefficient (Wildman–Crippen LogP) is 4.12. The monoisotopic (exact) mass is 450 g/mol. The van der Waals surface area contributed by atoms with E-state index in [4.69, 9.17) is 4.74 Å². The molecule has 1 aromatic rings. The lowest BCUT2D eigenvalue weighted by Crippen LogP contribution is -2.48. The molecular weight excluding hydrogens is 423 g/mol. The van der Waals surface area contributed by atoms with Crippen molar-refractivity contribution in [1.82, 2.24) is 4.90 Å². The molecule has 0 radical (unpaired) electrons. The Kier molecular flexibility index (Phi) is 4.41. The molecule has 3 heterocycles. The number of anilines is 1. The minimum Gasteiger partial charge on any atom is -0.378 e. The highest BCUT2D eigenvalue weighted by molar-refractivity contribution is 14.2. The van der Waals surface area contributed by atoms with Crippen molar-refractivity contribution in [3.05, 3.63) is 46.1 Å². The van der Waals surface area contributed by atoms with Crippen molar-refractivity contribution in [2.75, 3.05) is 32.1 Å². The van der Waals surface area contributed by atoms with Crippen LogP contribution in [-0.4, -0.2) is 47.9 Å². The highest BCUT2D eigenvalue weighted by Crippen LogP contribution is 2.56. The summed E-state index contributed by atoms with van der Waals surface area (Å²) in [6.45, 7) is 6.61. The van der Waals surface area contributed by atoms with Crippen LogP contribution in [0.25, 0.3) is 6.08 Å². The molecule has 0 aliphatic carbocycles. The summed E-state index contributed by atoms with van der Waals surface area (Å²) in [4.78, 5) is 4.71. The van der Waals surface area contributed by atoms with Gasteiger partial charge in [0.15, 0.2) is 0 Å². The van der Waals surface area contributed by atoms with E-state index >= 15 is 0 Å². The van der Waals surface area contributed by atoms with E-state index in [-0.39, 0.29) is 31.9 Å². The number of hydrogen-bond acceptors (Lipinski definition) is 3. The maximum absolute atomic E-state index is 6.44. The number of nitrogens with zero attached hydrogens (tertiary/aromatic N) is 2. The van der Waals surface area contributed by atoms with E-state index < -0.39 is 0 Å². The first kappa shape index (κ1) is 17.4. The van der Waals surface area contributed by atoms with Gasteiger partial charge in [0.2, 0.25) is 0 Å². The summed E-state index contributed by atoms with van der Waals surface area (Å²) < 4.78 is 11.4. The number of fused-ring (bicyclic) bond motifs is 3. The van der Waals surface area contributed by atoms with Crippen LogP contribution in [0.4, 0.5) is 5.69 Å². The zero-order chi connectivity index (χ0) is 17.7. The molecule has 0 bridgehead atoms. The smallest absolute Gasteiger partial charge is 0.147 e. The Morgan fingerprint density at radius 2 is 2.00 bits per heavy atom. The van der Waals surface area contributed by atoms with Gasteiger partial charge in [-0.2, -0.15) is 0 Å². The zero-order valence-corrected chi connectivity index (χ0v) is 17.6. The zero-order valence-electron chi connectivity index (χ0n) is 15.4. The van der Waals surface area contributed by atoms with Crippen molar-refractivity contribution >= 4 is 36.5 Å². The maximum Gasteiger partial charge on any atom is 0.147 e. The molecule has 2 saturated heterocycles. The largest absolute Gasteiger partial charge is 0.378 e. The quantitative estimate of drug-likeness (QED) is 0.645. The summed E-state index contributed by atoms with van der Waals surface area (Å²) in [6, 6.07) is 9.21. The second kappa shape index (κ2) is 6.32. The molecule has 0 saturated carbocycles. The molecule has 4 rings (SSSR count). The SMILES string of the molecule is CN(C)c1ccc(C=CC23OCCN2C2C=CI=CC2C3(C)C)cc1. The Labute approximate surface area is 161 Å². The van der Waals surface area contributed by atoms with E-state index in [2.05, 4.69) is 88.3 Å². The van der Waals surface area contributed by atoms with Gasteiger partial charge in [-0.15, -0.1) is 0 Å². The van der Waals surface area contributed by atoms with Crippen molar-refractivity contribution in [3.63, 3.8) is 0 Å². The van der Waals surface area contributed by atoms with Crippen LogP contribution in [0.3, 0.4) is 0 Å². The molecule has 3 unspecified atom stereocenters. The normalized spacial score (nSPS) is 33.3. The van der Waals surface area contributed by atoms with Gasteiger partial charge in [0.05, 0.1) is 6.61 Å². The molecule has 0 N–H and O–H groups in total. The average Bonchev–Trinajstić information content (AvgIpc) is 3.12. The molecule has 25 heavy (non-hydrogen) atoms. The van der Waals surface area contributed by atoms with Gasteiger partial charge in [0, 0.05) is 43.7 Å². The predicted molar refractivity (Wildman–Crippen MR) is 115 cm³/mol. The first-order chi connectivity index (χ1) is 12.0. The molecular formula is C21H27IN2O. The van der Waals surface area contributed by atoms with Gasteiger partial charge in [-0.05, 0) is 31.9 Å². The molecule has 3 aliphatic rings. The third kappa shape index (κ3) is 2.64. The molecule has 0 spiro atoms.